The van der Waals surface area contributed by atoms with Crippen molar-refractivity contribution in [2.24, 2.45) is 0 Å². The number of hydrogen-bond acceptors (Lipinski definition) is 4. The SMILES string of the molecule is CCCCCCC(Oc1ccc(C(=O)O)cc1)C(=O)N(c1ccccc1)c1ccc2cccc-2o1. The van der Waals surface area contributed by atoms with Crippen LogP contribution in [0.2, 0.25) is 0 Å². The van der Waals surface area contributed by atoms with Crippen molar-refractivity contribution in [3.8, 4) is 17.1 Å². The van der Waals surface area contributed by atoms with E-state index in [1.54, 1.807) is 23.1 Å². The predicted molar refractivity (Wildman–Crippen MR) is 135 cm³/mol. The molecule has 0 radical (unpaired) electrons. The molecule has 1 heterocycles. The summed E-state index contributed by atoms with van der Waals surface area (Å²) < 4.78 is 12.3. The molecule has 35 heavy (non-hydrogen) atoms. The van der Waals surface area contributed by atoms with Gasteiger partial charge in [0.2, 0.25) is 5.88 Å². The number of carbonyl (C=O) groups excluding carboxylic acids is 1. The van der Waals surface area contributed by atoms with Crippen LogP contribution in [-0.2, 0) is 4.79 Å². The maximum atomic E-state index is 14.0. The molecule has 2 aromatic carbocycles. The van der Waals surface area contributed by atoms with Crippen LogP contribution in [0.4, 0.5) is 11.6 Å². The number of aromatic carboxylic acids is 1. The molecule has 0 fully saturated rings. The number of carbonyl (C=O) groups is 2. The fourth-order valence-corrected chi connectivity index (χ4v) is 3.99. The van der Waals surface area contributed by atoms with E-state index in [2.05, 4.69) is 6.92 Å². The largest absolute Gasteiger partial charge is 0.481 e. The third-order valence-electron chi connectivity index (χ3n) is 5.86. The van der Waals surface area contributed by atoms with E-state index >= 15 is 0 Å². The molecule has 4 rings (SSSR count). The van der Waals surface area contributed by atoms with E-state index in [0.29, 0.717) is 29.5 Å². The first kappa shape index (κ1) is 24.1. The highest BCUT2D eigenvalue weighted by Gasteiger charge is 2.30. The van der Waals surface area contributed by atoms with Crippen LogP contribution in [0.1, 0.15) is 49.4 Å². The monoisotopic (exact) mass is 471 g/mol. The lowest BCUT2D eigenvalue weighted by Crippen LogP contribution is -2.39. The smallest absolute Gasteiger partial charge is 0.335 e. The molecule has 180 valence electrons. The minimum atomic E-state index is -1.01. The fourth-order valence-electron chi connectivity index (χ4n) is 3.99. The van der Waals surface area contributed by atoms with Gasteiger partial charge < -0.3 is 14.3 Å². The number of amides is 1. The molecule has 1 aliphatic heterocycles. The van der Waals surface area contributed by atoms with Gasteiger partial charge in [-0.15, -0.1) is 0 Å². The van der Waals surface area contributed by atoms with Crippen LogP contribution in [0.25, 0.3) is 11.3 Å². The summed E-state index contributed by atoms with van der Waals surface area (Å²) in [4.78, 5) is 26.8. The second kappa shape index (κ2) is 11.4. The van der Waals surface area contributed by atoms with Gasteiger partial charge in [-0.25, -0.2) is 9.69 Å². The number of carboxylic acids is 1. The molecule has 0 aromatic heterocycles. The molecule has 6 nitrogen and oxygen atoms in total. The van der Waals surface area contributed by atoms with Gasteiger partial charge in [0.15, 0.2) is 6.10 Å². The van der Waals surface area contributed by atoms with Gasteiger partial charge in [0.1, 0.15) is 11.5 Å². The number of para-hydroxylation sites is 1. The van der Waals surface area contributed by atoms with Crippen LogP contribution in [-0.4, -0.2) is 23.1 Å². The van der Waals surface area contributed by atoms with Crippen molar-refractivity contribution >= 4 is 23.4 Å². The van der Waals surface area contributed by atoms with Crippen molar-refractivity contribution in [1.82, 2.24) is 0 Å². The molecule has 0 saturated heterocycles. The first-order valence-electron chi connectivity index (χ1n) is 11.9. The van der Waals surface area contributed by atoms with Gasteiger partial charge >= 0.3 is 5.97 Å². The van der Waals surface area contributed by atoms with Gasteiger partial charge in [0.05, 0.1) is 11.3 Å². The van der Waals surface area contributed by atoms with Crippen molar-refractivity contribution in [1.29, 1.82) is 0 Å². The standard InChI is InChI=1S/C29H29NO5/c1-2-3-4-8-13-26(34-24-18-15-22(16-19-24)29(32)33)28(31)30(23-11-6-5-7-12-23)27-20-17-21-10-9-14-25(21)35-27/h5-7,9-12,14-20,26H,2-4,8,13H2,1H3,(H,32,33). The van der Waals surface area contributed by atoms with Crippen molar-refractivity contribution in [3.05, 3.63) is 90.5 Å². The summed E-state index contributed by atoms with van der Waals surface area (Å²) in [7, 11) is 0. The molecule has 0 saturated carbocycles. The van der Waals surface area contributed by atoms with Crippen molar-refractivity contribution in [2.45, 2.75) is 45.1 Å². The van der Waals surface area contributed by atoms with E-state index in [1.807, 2.05) is 54.6 Å². The maximum absolute atomic E-state index is 14.0. The van der Waals surface area contributed by atoms with Crippen LogP contribution >= 0.6 is 0 Å². The number of anilines is 2. The van der Waals surface area contributed by atoms with Gasteiger partial charge in [-0.05, 0) is 61.4 Å². The number of ether oxygens (including phenoxy) is 1. The van der Waals surface area contributed by atoms with E-state index in [1.165, 1.54) is 12.1 Å². The molecule has 1 aliphatic carbocycles. The second-order valence-corrected chi connectivity index (χ2v) is 8.41. The zero-order chi connectivity index (χ0) is 24.6. The molecular formula is C29H29NO5. The van der Waals surface area contributed by atoms with Crippen LogP contribution in [0.3, 0.4) is 0 Å². The zero-order valence-corrected chi connectivity index (χ0v) is 19.7. The normalized spacial score (nSPS) is 11.8. The summed E-state index contributed by atoms with van der Waals surface area (Å²) in [5, 5.41) is 9.18. The summed E-state index contributed by atoms with van der Waals surface area (Å²) >= 11 is 0. The molecule has 1 amide bonds. The zero-order valence-electron chi connectivity index (χ0n) is 19.7. The number of rotatable bonds is 11. The van der Waals surface area contributed by atoms with E-state index in [9.17, 15) is 14.7 Å². The Kier molecular flexibility index (Phi) is 7.83. The minimum absolute atomic E-state index is 0.163. The summed E-state index contributed by atoms with van der Waals surface area (Å²) in [6, 6.07) is 24.9. The highest BCUT2D eigenvalue weighted by atomic mass is 16.5. The Morgan fingerprint density at radius 1 is 0.886 bits per heavy atom. The minimum Gasteiger partial charge on any atom is -0.481 e. The highest BCUT2D eigenvalue weighted by molar-refractivity contribution is 6.02. The Labute approximate surface area is 205 Å². The van der Waals surface area contributed by atoms with Crippen LogP contribution in [0.15, 0.2) is 89.3 Å². The van der Waals surface area contributed by atoms with Gasteiger partial charge in [-0.3, -0.25) is 4.79 Å². The third-order valence-corrected chi connectivity index (χ3v) is 5.86. The Hall–Kier alpha value is -4.06. The molecule has 1 N–H and O–H groups in total. The second-order valence-electron chi connectivity index (χ2n) is 8.41. The van der Waals surface area contributed by atoms with Gasteiger partial charge in [-0.2, -0.15) is 0 Å². The first-order valence-corrected chi connectivity index (χ1v) is 11.9. The molecule has 2 aromatic rings. The number of carboxylic acid groups (broad SMARTS) is 1. The van der Waals surface area contributed by atoms with Gasteiger partial charge in [-0.1, -0.05) is 56.5 Å². The Morgan fingerprint density at radius 3 is 2.37 bits per heavy atom. The summed E-state index contributed by atoms with van der Waals surface area (Å²) in [5.41, 5.74) is 1.80. The molecule has 0 bridgehead atoms. The molecule has 1 unspecified atom stereocenters. The van der Waals surface area contributed by atoms with Crippen LogP contribution in [0.5, 0.6) is 5.75 Å². The average Bonchev–Trinajstić information content (AvgIpc) is 3.35. The lowest BCUT2D eigenvalue weighted by molar-refractivity contribution is -0.125. The number of benzene rings is 2. The van der Waals surface area contributed by atoms with Gasteiger partial charge in [0, 0.05) is 11.6 Å². The molecule has 0 spiro atoms. The first-order chi connectivity index (χ1) is 17.1. The average molecular weight is 472 g/mol. The Morgan fingerprint density at radius 2 is 1.66 bits per heavy atom. The van der Waals surface area contributed by atoms with E-state index < -0.39 is 12.1 Å². The van der Waals surface area contributed by atoms with E-state index in [0.717, 1.165) is 31.2 Å². The molecule has 6 heteroatoms. The number of fused-ring (bicyclic) bond motifs is 1. The van der Waals surface area contributed by atoms with Crippen LogP contribution < -0.4 is 9.64 Å². The molecule has 1 atom stereocenters. The summed E-state index contributed by atoms with van der Waals surface area (Å²) in [5.74, 6) is 0.289. The third kappa shape index (κ3) is 5.90. The van der Waals surface area contributed by atoms with Crippen molar-refractivity contribution in [3.63, 3.8) is 0 Å². The number of unbranched alkanes of at least 4 members (excludes halogenated alkanes) is 3. The Balaban J connectivity index is 1.67. The summed E-state index contributed by atoms with van der Waals surface area (Å²) in [6.45, 7) is 2.14. The van der Waals surface area contributed by atoms with Gasteiger partial charge in [0.25, 0.3) is 5.91 Å². The summed E-state index contributed by atoms with van der Waals surface area (Å²) in [6.07, 6.45) is 3.76. The van der Waals surface area contributed by atoms with Crippen LogP contribution in [0, 0.1) is 0 Å². The lowest BCUT2D eigenvalue weighted by atomic mass is 10.1. The maximum Gasteiger partial charge on any atom is 0.335 e. The van der Waals surface area contributed by atoms with E-state index in [-0.39, 0.29) is 11.5 Å². The topological polar surface area (TPSA) is 80.0 Å². The molecule has 2 aliphatic rings. The fraction of sp³-hybridized carbons (Fsp3) is 0.241. The quantitative estimate of drug-likeness (QED) is 0.235. The predicted octanol–water partition coefficient (Wildman–Crippen LogP) is 7.17. The van der Waals surface area contributed by atoms with Crippen molar-refractivity contribution < 1.29 is 23.8 Å². The highest BCUT2D eigenvalue weighted by Crippen LogP contribution is 2.33. The molecular weight excluding hydrogens is 442 g/mol. The number of hydrogen-bond donors (Lipinski definition) is 1. The van der Waals surface area contributed by atoms with Crippen molar-refractivity contribution in [2.75, 3.05) is 4.90 Å². The lowest BCUT2D eigenvalue weighted by Gasteiger charge is -2.27. The number of nitrogens with zero attached hydrogens (tertiary/aromatic N) is 1. The Bertz CT molecular complexity index is 1220. The van der Waals surface area contributed by atoms with E-state index in [4.69, 9.17) is 9.15 Å².